The first-order chi connectivity index (χ1) is 9.16. The van der Waals surface area contributed by atoms with Crippen LogP contribution >= 0.6 is 0 Å². The molecule has 100 valence electrons. The predicted molar refractivity (Wildman–Crippen MR) is 67.9 cm³/mol. The highest BCUT2D eigenvalue weighted by Gasteiger charge is 2.59. The minimum absolute atomic E-state index is 0.0295. The maximum absolute atomic E-state index is 11.8. The molecule has 2 amide bonds. The van der Waals surface area contributed by atoms with Crippen LogP contribution in [0.25, 0.3) is 0 Å². The Morgan fingerprint density at radius 2 is 1.84 bits per heavy atom. The molecule has 2 atom stereocenters. The van der Waals surface area contributed by atoms with Crippen molar-refractivity contribution in [3.05, 3.63) is 35.9 Å². The molecule has 2 fully saturated rings. The summed E-state index contributed by atoms with van der Waals surface area (Å²) >= 11 is 0. The number of fused-ring (bicyclic) bond motifs is 1. The van der Waals surface area contributed by atoms with Crippen molar-refractivity contribution in [3.63, 3.8) is 0 Å². The fourth-order valence-electron chi connectivity index (χ4n) is 2.91. The van der Waals surface area contributed by atoms with Gasteiger partial charge in [-0.2, -0.15) is 0 Å². The molecule has 5 nitrogen and oxygen atoms in total. The normalized spacial score (nSPS) is 27.8. The quantitative estimate of drug-likeness (QED) is 0.880. The lowest BCUT2D eigenvalue weighted by Crippen LogP contribution is -2.34. The first-order valence-corrected chi connectivity index (χ1v) is 6.42. The van der Waals surface area contributed by atoms with Gasteiger partial charge in [0.05, 0.1) is 0 Å². The Balaban J connectivity index is 1.47. The number of hydrogen-bond donors (Lipinski definition) is 1. The number of primary amides is 1. The molecule has 1 saturated carbocycles. The van der Waals surface area contributed by atoms with Gasteiger partial charge in [-0.15, -0.1) is 0 Å². The predicted octanol–water partition coefficient (Wildman–Crippen LogP) is 0.986. The molecule has 1 heterocycles. The van der Waals surface area contributed by atoms with Gasteiger partial charge in [-0.3, -0.25) is 4.79 Å². The molecule has 0 spiro atoms. The fraction of sp³-hybridized carbons (Fsp3) is 0.429. The zero-order valence-electron chi connectivity index (χ0n) is 10.5. The topological polar surface area (TPSA) is 72.6 Å². The number of nitrogens with two attached hydrogens (primary N) is 1. The second kappa shape index (κ2) is 4.57. The maximum atomic E-state index is 11.8. The van der Waals surface area contributed by atoms with Gasteiger partial charge < -0.3 is 15.4 Å². The number of hydrogen-bond acceptors (Lipinski definition) is 3. The van der Waals surface area contributed by atoms with Gasteiger partial charge in [0, 0.05) is 19.0 Å². The second-order valence-electron chi connectivity index (χ2n) is 5.20. The van der Waals surface area contributed by atoms with Crippen LogP contribution in [-0.4, -0.2) is 30.0 Å². The summed E-state index contributed by atoms with van der Waals surface area (Å²) < 4.78 is 5.25. The van der Waals surface area contributed by atoms with Crippen molar-refractivity contribution in [2.75, 3.05) is 13.1 Å². The fourth-order valence-corrected chi connectivity index (χ4v) is 2.91. The number of carbonyl (C=O) groups is 2. The number of likely N-dealkylation sites (tertiary alicyclic amines) is 1. The Morgan fingerprint density at radius 1 is 1.21 bits per heavy atom. The molecule has 1 aliphatic carbocycles. The zero-order valence-corrected chi connectivity index (χ0v) is 10.5. The van der Waals surface area contributed by atoms with Gasteiger partial charge in [0.2, 0.25) is 5.91 Å². The van der Waals surface area contributed by atoms with Gasteiger partial charge in [-0.05, 0) is 17.4 Å². The summed E-state index contributed by atoms with van der Waals surface area (Å²) in [6, 6.07) is 9.57. The Kier molecular flexibility index (Phi) is 2.89. The highest BCUT2D eigenvalue weighted by Crippen LogP contribution is 2.51. The van der Waals surface area contributed by atoms with Crippen molar-refractivity contribution in [2.45, 2.75) is 6.61 Å². The lowest BCUT2D eigenvalue weighted by Gasteiger charge is -2.18. The highest BCUT2D eigenvalue weighted by molar-refractivity contribution is 5.81. The van der Waals surface area contributed by atoms with Crippen LogP contribution in [0.2, 0.25) is 0 Å². The number of rotatable bonds is 3. The maximum Gasteiger partial charge on any atom is 0.410 e. The number of nitrogens with zero attached hydrogens (tertiary/aromatic N) is 1. The molecule has 1 aromatic carbocycles. The molecule has 0 radical (unpaired) electrons. The van der Waals surface area contributed by atoms with E-state index >= 15 is 0 Å². The number of benzene rings is 1. The third-order valence-electron chi connectivity index (χ3n) is 3.99. The summed E-state index contributed by atoms with van der Waals surface area (Å²) in [5, 5.41) is 0. The summed E-state index contributed by atoms with van der Waals surface area (Å²) in [5.41, 5.74) is 6.24. The van der Waals surface area contributed by atoms with Crippen LogP contribution in [0.5, 0.6) is 0 Å². The summed E-state index contributed by atoms with van der Waals surface area (Å²) in [5.74, 6) is 0.231. The van der Waals surface area contributed by atoms with Crippen molar-refractivity contribution in [1.29, 1.82) is 0 Å². The zero-order chi connectivity index (χ0) is 13.4. The van der Waals surface area contributed by atoms with E-state index in [4.69, 9.17) is 10.5 Å². The number of carbonyl (C=O) groups excluding carboxylic acids is 2. The van der Waals surface area contributed by atoms with Gasteiger partial charge in [-0.1, -0.05) is 30.3 Å². The van der Waals surface area contributed by atoms with E-state index in [0.29, 0.717) is 13.1 Å². The van der Waals surface area contributed by atoms with E-state index in [2.05, 4.69) is 0 Å². The molecule has 0 aromatic heterocycles. The van der Waals surface area contributed by atoms with Crippen LogP contribution in [0, 0.1) is 17.8 Å². The monoisotopic (exact) mass is 260 g/mol. The van der Waals surface area contributed by atoms with Crippen LogP contribution in [0.4, 0.5) is 4.79 Å². The lowest BCUT2D eigenvalue weighted by molar-refractivity contribution is -0.120. The first kappa shape index (κ1) is 12.0. The number of amides is 2. The largest absolute Gasteiger partial charge is 0.445 e. The smallest absolute Gasteiger partial charge is 0.410 e. The van der Waals surface area contributed by atoms with Crippen LogP contribution < -0.4 is 5.73 Å². The first-order valence-electron chi connectivity index (χ1n) is 6.42. The Labute approximate surface area is 111 Å². The molecular formula is C14H16N2O3. The average Bonchev–Trinajstić information content (AvgIpc) is 2.93. The average molecular weight is 260 g/mol. The summed E-state index contributed by atoms with van der Waals surface area (Å²) in [6.07, 6.45) is -0.306. The number of piperidine rings is 1. The van der Waals surface area contributed by atoms with E-state index in [-0.39, 0.29) is 36.4 Å². The minimum atomic E-state index is -0.306. The lowest BCUT2D eigenvalue weighted by atomic mass is 10.2. The van der Waals surface area contributed by atoms with E-state index in [1.165, 1.54) is 0 Å². The van der Waals surface area contributed by atoms with E-state index in [1.807, 2.05) is 30.3 Å². The molecule has 19 heavy (non-hydrogen) atoms. The summed E-state index contributed by atoms with van der Waals surface area (Å²) in [4.78, 5) is 24.6. The molecule has 2 unspecified atom stereocenters. The molecule has 1 aromatic rings. The van der Waals surface area contributed by atoms with Crippen molar-refractivity contribution in [1.82, 2.24) is 4.90 Å². The SMILES string of the molecule is NC(=O)C1C2CN(C(=O)OCc3ccccc3)CC21. The van der Waals surface area contributed by atoms with E-state index in [9.17, 15) is 9.59 Å². The van der Waals surface area contributed by atoms with Crippen LogP contribution in [0.1, 0.15) is 5.56 Å². The van der Waals surface area contributed by atoms with E-state index in [0.717, 1.165) is 5.56 Å². The van der Waals surface area contributed by atoms with E-state index < -0.39 is 0 Å². The van der Waals surface area contributed by atoms with Crippen molar-refractivity contribution in [3.8, 4) is 0 Å². The van der Waals surface area contributed by atoms with Crippen molar-refractivity contribution >= 4 is 12.0 Å². The third kappa shape index (κ3) is 2.28. The second-order valence-corrected chi connectivity index (χ2v) is 5.20. The van der Waals surface area contributed by atoms with Crippen LogP contribution in [0.3, 0.4) is 0 Å². The molecule has 3 rings (SSSR count). The van der Waals surface area contributed by atoms with Crippen molar-refractivity contribution in [2.24, 2.45) is 23.5 Å². The Bertz CT molecular complexity index is 491. The Morgan fingerprint density at radius 3 is 2.42 bits per heavy atom. The molecule has 5 heteroatoms. The minimum Gasteiger partial charge on any atom is -0.445 e. The molecule has 0 bridgehead atoms. The van der Waals surface area contributed by atoms with Gasteiger partial charge in [0.25, 0.3) is 0 Å². The molecule has 1 aliphatic heterocycles. The van der Waals surface area contributed by atoms with E-state index in [1.54, 1.807) is 4.90 Å². The molecule has 1 saturated heterocycles. The van der Waals surface area contributed by atoms with Gasteiger partial charge in [0.15, 0.2) is 0 Å². The summed E-state index contributed by atoms with van der Waals surface area (Å²) in [7, 11) is 0. The summed E-state index contributed by atoms with van der Waals surface area (Å²) in [6.45, 7) is 1.46. The van der Waals surface area contributed by atoms with Crippen molar-refractivity contribution < 1.29 is 14.3 Å². The number of ether oxygens (including phenoxy) is 1. The highest BCUT2D eigenvalue weighted by atomic mass is 16.6. The standard InChI is InChI=1S/C14H16N2O3/c15-13(17)12-10-6-16(7-11(10)12)14(18)19-8-9-4-2-1-3-5-9/h1-5,10-12H,6-8H2,(H2,15,17). The van der Waals surface area contributed by atoms with Gasteiger partial charge in [-0.25, -0.2) is 4.79 Å². The van der Waals surface area contributed by atoms with Gasteiger partial charge >= 0.3 is 6.09 Å². The molecular weight excluding hydrogens is 244 g/mol. The molecule has 2 N–H and O–H groups in total. The third-order valence-corrected chi connectivity index (χ3v) is 3.99. The molecule has 2 aliphatic rings. The Hall–Kier alpha value is -2.04. The van der Waals surface area contributed by atoms with Crippen LogP contribution in [-0.2, 0) is 16.1 Å². The van der Waals surface area contributed by atoms with Gasteiger partial charge in [0.1, 0.15) is 6.61 Å². The van der Waals surface area contributed by atoms with Crippen LogP contribution in [0.15, 0.2) is 30.3 Å².